The summed E-state index contributed by atoms with van der Waals surface area (Å²) in [5, 5.41) is 3.99. The van der Waals surface area contributed by atoms with Crippen molar-refractivity contribution in [1.29, 1.82) is 0 Å². The Kier molecular flexibility index (Phi) is 5.32. The third-order valence-electron chi connectivity index (χ3n) is 3.90. The fraction of sp³-hybridized carbons (Fsp3) is 0.471. The number of nitrogens with one attached hydrogen (secondary N) is 1. The van der Waals surface area contributed by atoms with E-state index in [4.69, 9.17) is 14.0 Å². The monoisotopic (exact) mass is 444 g/mol. The fourth-order valence-corrected chi connectivity index (χ4v) is 4.66. The molecule has 0 saturated carbocycles. The number of hydrogen-bond donors (Lipinski definition) is 1. The SMILES string of the molecule is CC(C)(C)c1nocc1CNS(=O)(=O)c1cc2c(cc1Br)OCCCO2. The van der Waals surface area contributed by atoms with E-state index in [1.807, 2.05) is 20.8 Å². The van der Waals surface area contributed by atoms with E-state index in [1.54, 1.807) is 6.07 Å². The highest BCUT2D eigenvalue weighted by Crippen LogP contribution is 2.37. The van der Waals surface area contributed by atoms with Crippen molar-refractivity contribution in [1.82, 2.24) is 9.88 Å². The summed E-state index contributed by atoms with van der Waals surface area (Å²) in [6, 6.07) is 3.10. The summed E-state index contributed by atoms with van der Waals surface area (Å²) in [6.07, 6.45) is 2.21. The summed E-state index contributed by atoms with van der Waals surface area (Å²) < 4.78 is 44.8. The highest BCUT2D eigenvalue weighted by atomic mass is 79.9. The van der Waals surface area contributed by atoms with Gasteiger partial charge in [-0.1, -0.05) is 25.9 Å². The van der Waals surface area contributed by atoms with Crippen LogP contribution in [0.1, 0.15) is 38.4 Å². The largest absolute Gasteiger partial charge is 0.490 e. The van der Waals surface area contributed by atoms with E-state index in [9.17, 15) is 8.42 Å². The van der Waals surface area contributed by atoms with Crippen LogP contribution in [0.3, 0.4) is 0 Å². The number of halogens is 1. The van der Waals surface area contributed by atoms with E-state index in [0.717, 1.165) is 12.1 Å². The standard InChI is InChI=1S/C17H21BrN2O5S/c1-17(2,3)16-11(10-25-20-16)9-19-26(21,22)15-8-14-13(7-12(15)18)23-5-4-6-24-14/h7-8,10,19H,4-6,9H2,1-3H3. The molecule has 26 heavy (non-hydrogen) atoms. The molecule has 0 spiro atoms. The molecular formula is C17H21BrN2O5S. The molecule has 9 heteroatoms. The Hall–Kier alpha value is -1.58. The first-order chi connectivity index (χ1) is 12.2. The van der Waals surface area contributed by atoms with Gasteiger partial charge in [0.1, 0.15) is 11.2 Å². The molecule has 1 aromatic carbocycles. The second kappa shape index (κ2) is 7.21. The number of benzene rings is 1. The van der Waals surface area contributed by atoms with Gasteiger partial charge in [-0.2, -0.15) is 0 Å². The summed E-state index contributed by atoms with van der Waals surface area (Å²) in [6.45, 7) is 7.07. The van der Waals surface area contributed by atoms with E-state index in [0.29, 0.717) is 34.7 Å². The number of sulfonamides is 1. The second-order valence-electron chi connectivity index (χ2n) is 7.04. The number of nitrogens with zero attached hydrogens (tertiary/aromatic N) is 1. The molecule has 1 aliphatic heterocycles. The molecule has 0 saturated heterocycles. The third kappa shape index (κ3) is 4.05. The Labute approximate surface area is 161 Å². The van der Waals surface area contributed by atoms with E-state index >= 15 is 0 Å². The maximum absolute atomic E-state index is 12.8. The average Bonchev–Trinajstić information content (AvgIpc) is 2.92. The Morgan fingerprint density at radius 2 is 1.85 bits per heavy atom. The molecule has 2 aromatic rings. The molecule has 1 aromatic heterocycles. The highest BCUT2D eigenvalue weighted by Gasteiger charge is 2.26. The van der Waals surface area contributed by atoms with Crippen molar-refractivity contribution in [3.63, 3.8) is 0 Å². The van der Waals surface area contributed by atoms with Crippen molar-refractivity contribution >= 4 is 26.0 Å². The van der Waals surface area contributed by atoms with Crippen LogP contribution in [0.2, 0.25) is 0 Å². The van der Waals surface area contributed by atoms with Gasteiger partial charge >= 0.3 is 0 Å². The van der Waals surface area contributed by atoms with Gasteiger partial charge in [0.2, 0.25) is 10.0 Å². The maximum Gasteiger partial charge on any atom is 0.242 e. The predicted molar refractivity (Wildman–Crippen MR) is 99.0 cm³/mol. The van der Waals surface area contributed by atoms with E-state index in [2.05, 4.69) is 25.8 Å². The molecule has 3 rings (SSSR count). The van der Waals surface area contributed by atoms with Crippen LogP contribution in [-0.2, 0) is 22.0 Å². The van der Waals surface area contributed by atoms with Crippen LogP contribution in [0.5, 0.6) is 11.5 Å². The average molecular weight is 445 g/mol. The Morgan fingerprint density at radius 3 is 2.50 bits per heavy atom. The van der Waals surface area contributed by atoms with Gasteiger partial charge in [-0.25, -0.2) is 13.1 Å². The van der Waals surface area contributed by atoms with Crippen LogP contribution in [0, 0.1) is 0 Å². The van der Waals surface area contributed by atoms with Gasteiger partial charge in [0.15, 0.2) is 11.5 Å². The minimum Gasteiger partial charge on any atom is -0.490 e. The first-order valence-electron chi connectivity index (χ1n) is 8.21. The first kappa shape index (κ1) is 19.2. The number of ether oxygens (including phenoxy) is 2. The lowest BCUT2D eigenvalue weighted by Gasteiger charge is -2.17. The summed E-state index contributed by atoms with van der Waals surface area (Å²) in [7, 11) is -3.78. The molecule has 1 aliphatic rings. The van der Waals surface area contributed by atoms with Crippen molar-refractivity contribution in [3.05, 3.63) is 34.1 Å². The Morgan fingerprint density at radius 1 is 1.19 bits per heavy atom. The van der Waals surface area contributed by atoms with Gasteiger partial charge in [0.05, 0.1) is 18.9 Å². The zero-order chi connectivity index (χ0) is 18.9. The highest BCUT2D eigenvalue weighted by molar-refractivity contribution is 9.10. The van der Waals surface area contributed by atoms with Gasteiger partial charge in [-0.15, -0.1) is 0 Å². The number of fused-ring (bicyclic) bond motifs is 1. The summed E-state index contributed by atoms with van der Waals surface area (Å²) in [5.41, 5.74) is 1.17. The fourth-order valence-electron chi connectivity index (χ4n) is 2.62. The third-order valence-corrected chi connectivity index (χ3v) is 6.26. The minimum atomic E-state index is -3.78. The topological polar surface area (TPSA) is 90.7 Å². The normalized spacial score (nSPS) is 14.9. The summed E-state index contributed by atoms with van der Waals surface area (Å²) >= 11 is 3.32. The number of aromatic nitrogens is 1. The molecule has 0 radical (unpaired) electrons. The number of hydrogen-bond acceptors (Lipinski definition) is 6. The lowest BCUT2D eigenvalue weighted by atomic mass is 9.90. The van der Waals surface area contributed by atoms with Crippen molar-refractivity contribution in [2.24, 2.45) is 0 Å². The smallest absolute Gasteiger partial charge is 0.242 e. The van der Waals surface area contributed by atoms with Crippen molar-refractivity contribution in [2.45, 2.75) is 44.0 Å². The zero-order valence-corrected chi connectivity index (χ0v) is 17.2. The van der Waals surface area contributed by atoms with Crippen molar-refractivity contribution in [2.75, 3.05) is 13.2 Å². The molecule has 2 heterocycles. The van der Waals surface area contributed by atoms with E-state index in [1.165, 1.54) is 12.3 Å². The molecule has 142 valence electrons. The van der Waals surface area contributed by atoms with Crippen LogP contribution < -0.4 is 14.2 Å². The first-order valence-corrected chi connectivity index (χ1v) is 10.5. The van der Waals surface area contributed by atoms with Crippen molar-refractivity contribution < 1.29 is 22.4 Å². The maximum atomic E-state index is 12.8. The Bertz CT molecular complexity index is 902. The van der Waals surface area contributed by atoms with Gasteiger partial charge in [-0.3, -0.25) is 0 Å². The van der Waals surface area contributed by atoms with Crippen molar-refractivity contribution in [3.8, 4) is 11.5 Å². The molecule has 0 atom stereocenters. The van der Waals surface area contributed by atoms with Crippen LogP contribution in [0.15, 0.2) is 32.3 Å². The van der Waals surface area contributed by atoms with Crippen LogP contribution >= 0.6 is 15.9 Å². The molecule has 0 unspecified atom stereocenters. The molecule has 0 aliphatic carbocycles. The summed E-state index contributed by atoms with van der Waals surface area (Å²) in [5.74, 6) is 0.953. The minimum absolute atomic E-state index is 0.0827. The number of rotatable bonds is 4. The summed E-state index contributed by atoms with van der Waals surface area (Å²) in [4.78, 5) is 0.0931. The zero-order valence-electron chi connectivity index (χ0n) is 14.8. The van der Waals surface area contributed by atoms with Gasteiger partial charge < -0.3 is 14.0 Å². The molecule has 0 fully saturated rings. The van der Waals surface area contributed by atoms with Gasteiger partial charge in [-0.05, 0) is 22.0 Å². The van der Waals surface area contributed by atoms with Crippen LogP contribution in [-0.4, -0.2) is 26.8 Å². The van der Waals surface area contributed by atoms with E-state index < -0.39 is 10.0 Å². The lowest BCUT2D eigenvalue weighted by molar-refractivity contribution is 0.297. The Balaban J connectivity index is 1.85. The van der Waals surface area contributed by atoms with Gasteiger partial charge in [0.25, 0.3) is 0 Å². The second-order valence-corrected chi connectivity index (χ2v) is 9.63. The molecule has 0 bridgehead atoms. The van der Waals surface area contributed by atoms with Gasteiger partial charge in [0, 0.05) is 34.5 Å². The van der Waals surface area contributed by atoms with Crippen LogP contribution in [0.4, 0.5) is 0 Å². The quantitative estimate of drug-likeness (QED) is 0.776. The molecule has 1 N–H and O–H groups in total. The van der Waals surface area contributed by atoms with Crippen LogP contribution in [0.25, 0.3) is 0 Å². The molecule has 0 amide bonds. The van der Waals surface area contributed by atoms with E-state index in [-0.39, 0.29) is 16.9 Å². The lowest BCUT2D eigenvalue weighted by Crippen LogP contribution is -2.25. The molecule has 7 nitrogen and oxygen atoms in total. The predicted octanol–water partition coefficient (Wildman–Crippen LogP) is 3.37. The molecular weight excluding hydrogens is 424 g/mol.